The maximum absolute atomic E-state index is 11.1. The van der Waals surface area contributed by atoms with Crippen molar-refractivity contribution in [2.24, 2.45) is 5.92 Å². The molecule has 0 amide bonds. The summed E-state index contributed by atoms with van der Waals surface area (Å²) >= 11 is 0. The zero-order valence-electron chi connectivity index (χ0n) is 7.96. The molecule has 0 radical (unpaired) electrons. The maximum Gasteiger partial charge on any atom is 0.322 e. The molecule has 1 rings (SSSR count). The van der Waals surface area contributed by atoms with Crippen LogP contribution in [0.1, 0.15) is 26.7 Å². The molecule has 1 saturated carbocycles. The zero-order chi connectivity index (χ0) is 9.14. The summed E-state index contributed by atoms with van der Waals surface area (Å²) in [7, 11) is 1.43. The van der Waals surface area contributed by atoms with Crippen LogP contribution in [0.5, 0.6) is 0 Å². The van der Waals surface area contributed by atoms with Crippen LogP contribution in [0.3, 0.4) is 0 Å². The molecule has 0 saturated heterocycles. The lowest BCUT2D eigenvalue weighted by molar-refractivity contribution is -0.143. The van der Waals surface area contributed by atoms with E-state index in [0.29, 0.717) is 6.04 Å². The monoisotopic (exact) mass is 171 g/mol. The Bertz CT molecular complexity index is 170. The van der Waals surface area contributed by atoms with Crippen molar-refractivity contribution in [3.05, 3.63) is 0 Å². The van der Waals surface area contributed by atoms with Crippen LogP contribution >= 0.6 is 0 Å². The van der Waals surface area contributed by atoms with Crippen molar-refractivity contribution in [2.45, 2.75) is 38.8 Å². The highest BCUT2D eigenvalue weighted by Gasteiger charge is 2.35. The molecule has 1 N–H and O–H groups in total. The number of esters is 1. The Balaban J connectivity index is 2.30. The Morgan fingerprint density at radius 2 is 2.33 bits per heavy atom. The summed E-state index contributed by atoms with van der Waals surface area (Å²) in [6.07, 6.45) is 1.99. The van der Waals surface area contributed by atoms with Crippen LogP contribution in [0.25, 0.3) is 0 Å². The van der Waals surface area contributed by atoms with Gasteiger partial charge in [-0.2, -0.15) is 0 Å². The first-order valence-electron chi connectivity index (χ1n) is 4.53. The molecule has 0 aromatic heterocycles. The van der Waals surface area contributed by atoms with Gasteiger partial charge in [-0.05, 0) is 18.8 Å². The predicted octanol–water partition coefficient (Wildman–Crippen LogP) is 0.936. The summed E-state index contributed by atoms with van der Waals surface area (Å²) in [4.78, 5) is 11.1. The van der Waals surface area contributed by atoms with Crippen molar-refractivity contribution < 1.29 is 9.53 Å². The van der Waals surface area contributed by atoms with Gasteiger partial charge < -0.3 is 10.1 Å². The molecule has 0 bridgehead atoms. The van der Waals surface area contributed by atoms with Gasteiger partial charge in [0.25, 0.3) is 0 Å². The summed E-state index contributed by atoms with van der Waals surface area (Å²) in [5.41, 5.74) is 0. The smallest absolute Gasteiger partial charge is 0.322 e. The highest BCUT2D eigenvalue weighted by atomic mass is 16.5. The Morgan fingerprint density at radius 3 is 2.67 bits per heavy atom. The minimum atomic E-state index is -0.142. The van der Waals surface area contributed by atoms with Crippen LogP contribution in [0, 0.1) is 5.92 Å². The van der Waals surface area contributed by atoms with E-state index in [1.165, 1.54) is 13.5 Å². The lowest BCUT2D eigenvalue weighted by Crippen LogP contribution is -2.38. The summed E-state index contributed by atoms with van der Waals surface area (Å²) in [5.74, 6) is 0.584. The molecule has 1 aliphatic rings. The Kier molecular flexibility index (Phi) is 3.09. The molecule has 12 heavy (non-hydrogen) atoms. The van der Waals surface area contributed by atoms with E-state index in [1.807, 2.05) is 6.92 Å². The second kappa shape index (κ2) is 3.90. The fourth-order valence-electron chi connectivity index (χ4n) is 1.31. The fourth-order valence-corrected chi connectivity index (χ4v) is 1.31. The topological polar surface area (TPSA) is 38.3 Å². The largest absolute Gasteiger partial charge is 0.468 e. The summed E-state index contributed by atoms with van der Waals surface area (Å²) in [6.45, 7) is 4.17. The SMILES string of the molecule is CCC(NC1CC1C)C(=O)OC. The van der Waals surface area contributed by atoms with E-state index in [0.717, 1.165) is 12.3 Å². The number of carbonyl (C=O) groups is 1. The third kappa shape index (κ3) is 2.21. The number of ether oxygens (including phenoxy) is 1. The standard InChI is InChI=1S/C9H17NO2/c1-4-7(9(11)12-3)10-8-5-6(8)2/h6-8,10H,4-5H2,1-3H3. The second-order valence-electron chi connectivity index (χ2n) is 3.47. The highest BCUT2D eigenvalue weighted by Crippen LogP contribution is 2.29. The first-order valence-corrected chi connectivity index (χ1v) is 4.53. The van der Waals surface area contributed by atoms with Crippen LogP contribution in [-0.2, 0) is 9.53 Å². The van der Waals surface area contributed by atoms with Crippen LogP contribution < -0.4 is 5.32 Å². The zero-order valence-corrected chi connectivity index (χ0v) is 7.96. The van der Waals surface area contributed by atoms with Crippen molar-refractivity contribution in [2.75, 3.05) is 7.11 Å². The molecule has 1 aliphatic carbocycles. The molecule has 0 spiro atoms. The van der Waals surface area contributed by atoms with E-state index in [2.05, 4.69) is 17.0 Å². The van der Waals surface area contributed by atoms with Crippen LogP contribution in [0.2, 0.25) is 0 Å². The molecular weight excluding hydrogens is 154 g/mol. The van der Waals surface area contributed by atoms with E-state index in [4.69, 9.17) is 0 Å². The maximum atomic E-state index is 11.1. The van der Waals surface area contributed by atoms with Gasteiger partial charge in [0, 0.05) is 6.04 Å². The molecule has 3 nitrogen and oxygen atoms in total. The predicted molar refractivity (Wildman–Crippen MR) is 46.8 cm³/mol. The van der Waals surface area contributed by atoms with Gasteiger partial charge in [-0.3, -0.25) is 4.79 Å². The molecule has 3 unspecified atom stereocenters. The highest BCUT2D eigenvalue weighted by molar-refractivity contribution is 5.75. The van der Waals surface area contributed by atoms with Gasteiger partial charge in [0.2, 0.25) is 0 Å². The number of hydrogen-bond donors (Lipinski definition) is 1. The first-order chi connectivity index (χ1) is 5.69. The summed E-state index contributed by atoms with van der Waals surface area (Å²) in [6, 6.07) is 0.430. The van der Waals surface area contributed by atoms with E-state index in [9.17, 15) is 4.79 Å². The van der Waals surface area contributed by atoms with Gasteiger partial charge in [-0.1, -0.05) is 13.8 Å². The van der Waals surface area contributed by atoms with Crippen molar-refractivity contribution >= 4 is 5.97 Å². The molecular formula is C9H17NO2. The van der Waals surface area contributed by atoms with Gasteiger partial charge in [0.05, 0.1) is 7.11 Å². The van der Waals surface area contributed by atoms with Gasteiger partial charge >= 0.3 is 5.97 Å². The summed E-state index contributed by atoms with van der Waals surface area (Å²) in [5, 5.41) is 3.27. The minimum Gasteiger partial charge on any atom is -0.468 e. The molecule has 1 fully saturated rings. The minimum absolute atomic E-state index is 0.107. The molecule has 0 aliphatic heterocycles. The number of hydrogen-bond acceptors (Lipinski definition) is 3. The van der Waals surface area contributed by atoms with Gasteiger partial charge in [0.15, 0.2) is 0 Å². The molecule has 0 aromatic rings. The Labute approximate surface area is 73.5 Å². The van der Waals surface area contributed by atoms with Crippen molar-refractivity contribution in [1.29, 1.82) is 0 Å². The van der Waals surface area contributed by atoms with Crippen LogP contribution in [0.15, 0.2) is 0 Å². The van der Waals surface area contributed by atoms with Crippen molar-refractivity contribution in [3.8, 4) is 0 Å². The number of carbonyl (C=O) groups excluding carboxylic acids is 1. The average molecular weight is 171 g/mol. The number of methoxy groups -OCH3 is 1. The van der Waals surface area contributed by atoms with Crippen molar-refractivity contribution in [3.63, 3.8) is 0 Å². The molecule has 3 atom stereocenters. The Morgan fingerprint density at radius 1 is 1.75 bits per heavy atom. The molecule has 0 heterocycles. The van der Waals surface area contributed by atoms with Crippen LogP contribution in [-0.4, -0.2) is 25.2 Å². The number of nitrogens with one attached hydrogen (secondary N) is 1. The van der Waals surface area contributed by atoms with Gasteiger partial charge in [0.1, 0.15) is 6.04 Å². The fraction of sp³-hybridized carbons (Fsp3) is 0.889. The van der Waals surface area contributed by atoms with Crippen molar-refractivity contribution in [1.82, 2.24) is 5.32 Å². The van der Waals surface area contributed by atoms with E-state index < -0.39 is 0 Å². The lowest BCUT2D eigenvalue weighted by Gasteiger charge is -2.13. The summed E-state index contributed by atoms with van der Waals surface area (Å²) < 4.78 is 4.67. The third-order valence-electron chi connectivity index (χ3n) is 2.42. The van der Waals surface area contributed by atoms with Crippen LogP contribution in [0.4, 0.5) is 0 Å². The molecule has 0 aromatic carbocycles. The second-order valence-corrected chi connectivity index (χ2v) is 3.47. The Hall–Kier alpha value is -0.570. The quantitative estimate of drug-likeness (QED) is 0.640. The lowest BCUT2D eigenvalue weighted by atomic mass is 10.2. The van der Waals surface area contributed by atoms with E-state index in [-0.39, 0.29) is 12.0 Å². The first kappa shape index (κ1) is 9.52. The molecule has 3 heteroatoms. The normalized spacial score (nSPS) is 29.6. The van der Waals surface area contributed by atoms with Gasteiger partial charge in [-0.15, -0.1) is 0 Å². The van der Waals surface area contributed by atoms with E-state index in [1.54, 1.807) is 0 Å². The molecule has 70 valence electrons. The van der Waals surface area contributed by atoms with E-state index >= 15 is 0 Å². The average Bonchev–Trinajstić information content (AvgIpc) is 2.76. The number of rotatable bonds is 4. The van der Waals surface area contributed by atoms with Gasteiger partial charge in [-0.25, -0.2) is 0 Å². The third-order valence-corrected chi connectivity index (χ3v) is 2.42.